The van der Waals surface area contributed by atoms with E-state index in [-0.39, 0.29) is 0 Å². The molecule has 1 aliphatic heterocycles. The van der Waals surface area contributed by atoms with Gasteiger partial charge in [0.25, 0.3) is 0 Å². The van der Waals surface area contributed by atoms with Crippen molar-refractivity contribution in [2.24, 2.45) is 0 Å². The van der Waals surface area contributed by atoms with E-state index >= 15 is 0 Å². The first-order valence-corrected chi connectivity index (χ1v) is 25.7. The summed E-state index contributed by atoms with van der Waals surface area (Å²) in [5.41, 5.74) is 0. The van der Waals surface area contributed by atoms with Crippen molar-refractivity contribution in [2.45, 2.75) is 66.8 Å². The quantitative estimate of drug-likeness (QED) is 0.529. The molecule has 0 unspecified atom stereocenters. The van der Waals surface area contributed by atoms with Crippen molar-refractivity contribution >= 4 is 28.1 Å². The van der Waals surface area contributed by atoms with Gasteiger partial charge in [-0.15, -0.1) is 0 Å². The number of hydrogen-bond donors (Lipinski definition) is 0. The zero-order valence-corrected chi connectivity index (χ0v) is 16.3. The molecule has 4 aliphatic carbocycles. The first-order valence-electron chi connectivity index (χ1n) is 8.02. The third-order valence-corrected chi connectivity index (χ3v) is 85.4. The fourth-order valence-corrected chi connectivity index (χ4v) is 105. The Morgan fingerprint density at radius 3 is 1.00 bits per heavy atom. The first kappa shape index (κ1) is 11.7. The molecule has 5 aliphatic rings. The molecule has 0 aromatic carbocycles. The van der Waals surface area contributed by atoms with Crippen LogP contribution in [0.1, 0.15) is 51.4 Å². The summed E-state index contributed by atoms with van der Waals surface area (Å²) < 4.78 is 11.3. The van der Waals surface area contributed by atoms with E-state index in [0.717, 1.165) is 0 Å². The summed E-state index contributed by atoms with van der Waals surface area (Å²) in [4.78, 5) is 0. The van der Waals surface area contributed by atoms with Crippen LogP contribution in [0.15, 0.2) is 20.2 Å². The number of rotatable bonds is 4. The van der Waals surface area contributed by atoms with Gasteiger partial charge in [-0.1, -0.05) is 0 Å². The van der Waals surface area contributed by atoms with Crippen molar-refractivity contribution in [3.05, 3.63) is 20.2 Å². The number of allylic oxidation sites excluding steroid dienone is 2. The fourth-order valence-electron chi connectivity index (χ4n) is 4.77. The van der Waals surface area contributed by atoms with Crippen LogP contribution in [0.2, 0.25) is 15.5 Å². The molecule has 0 aromatic rings. The van der Waals surface area contributed by atoms with E-state index in [4.69, 9.17) is 0 Å². The average Bonchev–Trinajstić information content (AvgIpc) is 3.31. The molecule has 0 N–H and O–H groups in total. The Morgan fingerprint density at radius 2 is 0.778 bits per heavy atom. The maximum atomic E-state index is 3.00. The Morgan fingerprint density at radius 1 is 0.500 bits per heavy atom. The van der Waals surface area contributed by atoms with E-state index in [0.29, 0.717) is 0 Å². The zero-order chi connectivity index (χ0) is 11.8. The van der Waals surface area contributed by atoms with E-state index in [1.54, 1.807) is 51.4 Å². The number of hydrogen-bond acceptors (Lipinski definition) is 0. The summed E-state index contributed by atoms with van der Waals surface area (Å²) >= 11 is -3.49. The fraction of sp³-hybridized carbons (Fsp3) is 0.750. The molecule has 0 spiro atoms. The molecule has 0 atom stereocenters. The standard InChI is InChI=1S/C4H4.4C3H5.2Sb/c1-3-4-2;4*1-2-3-1;;/h1-4H;4*1H,2-3H2;;. The molecular weight excluding hydrogens is 436 g/mol. The molecule has 0 radical (unpaired) electrons. The van der Waals surface area contributed by atoms with Gasteiger partial charge in [-0.2, -0.15) is 0 Å². The van der Waals surface area contributed by atoms with Crippen LogP contribution in [0.25, 0.3) is 0 Å². The van der Waals surface area contributed by atoms with Gasteiger partial charge in [0.05, 0.1) is 0 Å². The van der Waals surface area contributed by atoms with Gasteiger partial charge in [0.15, 0.2) is 0 Å². The van der Waals surface area contributed by atoms with Crippen molar-refractivity contribution < 1.29 is 0 Å². The Labute approximate surface area is 114 Å². The predicted octanol–water partition coefficient (Wildman–Crippen LogP) is 4.82. The zero-order valence-electron chi connectivity index (χ0n) is 11.2. The molecule has 1 heterocycles. The van der Waals surface area contributed by atoms with Gasteiger partial charge in [0.1, 0.15) is 0 Å². The van der Waals surface area contributed by atoms with E-state index in [2.05, 4.69) is 20.2 Å². The molecule has 5 rings (SSSR count). The summed E-state index contributed by atoms with van der Waals surface area (Å²) in [7, 11) is 0. The normalized spacial score (nSPS) is 36.9. The molecule has 4 saturated carbocycles. The molecule has 0 aromatic heterocycles. The monoisotopic (exact) mass is 458 g/mol. The van der Waals surface area contributed by atoms with Gasteiger partial charge in [-0.25, -0.2) is 0 Å². The molecule has 0 saturated heterocycles. The van der Waals surface area contributed by atoms with Crippen molar-refractivity contribution in [1.29, 1.82) is 0 Å². The summed E-state index contributed by atoms with van der Waals surface area (Å²) in [6.07, 6.45) is 18.4. The van der Waals surface area contributed by atoms with Crippen LogP contribution in [-0.2, 0) is 0 Å². The summed E-state index contributed by atoms with van der Waals surface area (Å²) in [5, 5.41) is 0. The van der Waals surface area contributed by atoms with Gasteiger partial charge in [-0.3, -0.25) is 0 Å². The van der Waals surface area contributed by atoms with Gasteiger partial charge in [-0.05, 0) is 0 Å². The molecule has 0 nitrogen and oxygen atoms in total. The second kappa shape index (κ2) is 3.85. The predicted molar refractivity (Wildman–Crippen MR) is 81.7 cm³/mol. The van der Waals surface area contributed by atoms with Crippen LogP contribution in [0.4, 0.5) is 0 Å². The van der Waals surface area contributed by atoms with E-state index < -0.39 is 28.1 Å². The molecule has 98 valence electrons. The van der Waals surface area contributed by atoms with Crippen molar-refractivity contribution in [1.82, 2.24) is 0 Å². The van der Waals surface area contributed by atoms with Gasteiger partial charge < -0.3 is 0 Å². The van der Waals surface area contributed by atoms with Crippen molar-refractivity contribution in [2.75, 3.05) is 0 Å². The SMILES string of the molecule is C1=[CH][Sb]([CH]2CC2)([CH]2CC2)=[Sb]([CH]2CC2)([CH]2CC2)[CH]=C1. The van der Waals surface area contributed by atoms with Gasteiger partial charge >= 0.3 is 115 Å². The Bertz CT molecular complexity index is 443. The van der Waals surface area contributed by atoms with Crippen LogP contribution in [0.3, 0.4) is 0 Å². The Balaban J connectivity index is 1.86. The van der Waals surface area contributed by atoms with Crippen LogP contribution in [0, 0.1) is 0 Å². The van der Waals surface area contributed by atoms with Gasteiger partial charge in [0, 0.05) is 0 Å². The summed E-state index contributed by atoms with van der Waals surface area (Å²) in [5.74, 6) is 0. The second-order valence-corrected chi connectivity index (χ2v) is 52.8. The molecular formula is C16H24Sb2. The molecule has 18 heavy (non-hydrogen) atoms. The van der Waals surface area contributed by atoms with E-state index in [1.807, 2.05) is 0 Å². The molecule has 0 bridgehead atoms. The van der Waals surface area contributed by atoms with Crippen LogP contribution >= 0.6 is 0 Å². The van der Waals surface area contributed by atoms with Gasteiger partial charge in [0.2, 0.25) is 0 Å². The van der Waals surface area contributed by atoms with E-state index in [1.165, 1.54) is 15.5 Å². The molecule has 0 amide bonds. The Hall–Kier alpha value is 1.12. The van der Waals surface area contributed by atoms with E-state index in [9.17, 15) is 0 Å². The molecule has 2 heteroatoms. The third kappa shape index (κ3) is 1.46. The summed E-state index contributed by atoms with van der Waals surface area (Å²) in [6.45, 7) is 0. The van der Waals surface area contributed by atoms with Crippen molar-refractivity contribution in [3.63, 3.8) is 0 Å². The first-order chi connectivity index (χ1) is 8.88. The van der Waals surface area contributed by atoms with Crippen LogP contribution < -0.4 is 0 Å². The topological polar surface area (TPSA) is 0 Å². The summed E-state index contributed by atoms with van der Waals surface area (Å²) in [6, 6.07) is 0. The second-order valence-electron chi connectivity index (χ2n) is 7.19. The molecule has 4 fully saturated rings. The average molecular weight is 460 g/mol. The minimum absolute atomic E-state index is 1.34. The maximum absolute atomic E-state index is 3.00. The third-order valence-electron chi connectivity index (χ3n) is 5.89. The Kier molecular flexibility index (Phi) is 2.51. The van der Waals surface area contributed by atoms with Crippen molar-refractivity contribution in [3.8, 4) is 0 Å². The minimum atomic E-state index is -1.75. The van der Waals surface area contributed by atoms with Crippen LogP contribution in [0.5, 0.6) is 0 Å². The van der Waals surface area contributed by atoms with Crippen LogP contribution in [-0.4, -0.2) is 28.1 Å².